The molecule has 0 atom stereocenters. The fourth-order valence-electron chi connectivity index (χ4n) is 2.26. The minimum atomic E-state index is -0.626. The molecule has 0 saturated heterocycles. The van der Waals surface area contributed by atoms with Gasteiger partial charge in [-0.25, -0.2) is 13.5 Å². The number of halogens is 3. The van der Waals surface area contributed by atoms with E-state index in [1.54, 1.807) is 19.1 Å². The molecular weight excluding hydrogens is 336 g/mol. The summed E-state index contributed by atoms with van der Waals surface area (Å²) in [7, 11) is 0. The van der Waals surface area contributed by atoms with Gasteiger partial charge in [0, 0.05) is 5.02 Å². The van der Waals surface area contributed by atoms with Crippen molar-refractivity contribution in [2.24, 2.45) is 0 Å². The number of anilines is 1. The number of hydrogen-bond acceptors (Lipinski definition) is 2. The van der Waals surface area contributed by atoms with E-state index in [-0.39, 0.29) is 22.1 Å². The highest BCUT2D eigenvalue weighted by atomic mass is 35.5. The van der Waals surface area contributed by atoms with Gasteiger partial charge in [0.25, 0.3) is 5.91 Å². The molecule has 24 heavy (non-hydrogen) atoms. The molecule has 7 heteroatoms. The first-order chi connectivity index (χ1) is 11.5. The number of carbonyl (C=O) groups excluding carboxylic acids is 1. The van der Waals surface area contributed by atoms with Crippen LogP contribution < -0.4 is 5.32 Å². The average molecular weight is 348 g/mol. The van der Waals surface area contributed by atoms with Gasteiger partial charge in [-0.2, -0.15) is 5.10 Å². The van der Waals surface area contributed by atoms with Gasteiger partial charge in [0.1, 0.15) is 11.6 Å². The van der Waals surface area contributed by atoms with Crippen LogP contribution in [-0.2, 0) is 0 Å². The van der Waals surface area contributed by atoms with E-state index in [1.807, 2.05) is 0 Å². The van der Waals surface area contributed by atoms with Crippen LogP contribution in [0.25, 0.3) is 5.69 Å². The predicted octanol–water partition coefficient (Wildman–Crippen LogP) is 4.36. The molecule has 3 aromatic rings. The van der Waals surface area contributed by atoms with Gasteiger partial charge in [-0.1, -0.05) is 11.6 Å². The lowest BCUT2D eigenvalue weighted by Crippen LogP contribution is -2.14. The number of aromatic nitrogens is 2. The summed E-state index contributed by atoms with van der Waals surface area (Å²) in [5.41, 5.74) is 1.48. The Balaban J connectivity index is 1.87. The van der Waals surface area contributed by atoms with Crippen LogP contribution in [0.4, 0.5) is 14.5 Å². The molecule has 4 nitrogen and oxygen atoms in total. The lowest BCUT2D eigenvalue weighted by Gasteiger charge is -2.07. The molecule has 122 valence electrons. The van der Waals surface area contributed by atoms with Gasteiger partial charge in [-0.15, -0.1) is 0 Å². The molecule has 3 rings (SSSR count). The summed E-state index contributed by atoms with van der Waals surface area (Å²) in [6.45, 7) is 1.70. The minimum absolute atomic E-state index is 0.0262. The second-order valence-corrected chi connectivity index (χ2v) is 5.55. The quantitative estimate of drug-likeness (QED) is 0.765. The van der Waals surface area contributed by atoms with E-state index >= 15 is 0 Å². The van der Waals surface area contributed by atoms with Gasteiger partial charge >= 0.3 is 0 Å². The monoisotopic (exact) mass is 347 g/mol. The molecule has 0 fully saturated rings. The smallest absolute Gasteiger partial charge is 0.259 e. The normalized spacial score (nSPS) is 10.7. The average Bonchev–Trinajstić information content (AvgIpc) is 2.92. The maximum absolute atomic E-state index is 13.8. The van der Waals surface area contributed by atoms with Crippen LogP contribution in [0.5, 0.6) is 0 Å². The molecule has 0 bridgehead atoms. The maximum atomic E-state index is 13.8. The zero-order valence-corrected chi connectivity index (χ0v) is 13.3. The molecule has 0 spiro atoms. The first-order valence-corrected chi connectivity index (χ1v) is 7.40. The van der Waals surface area contributed by atoms with Crippen LogP contribution in [0.2, 0.25) is 5.02 Å². The number of rotatable bonds is 3. The lowest BCUT2D eigenvalue weighted by molar-refractivity contribution is 0.102. The predicted molar refractivity (Wildman–Crippen MR) is 87.6 cm³/mol. The van der Waals surface area contributed by atoms with E-state index in [4.69, 9.17) is 11.6 Å². The van der Waals surface area contributed by atoms with Crippen molar-refractivity contribution in [1.82, 2.24) is 9.78 Å². The Morgan fingerprint density at radius 3 is 2.54 bits per heavy atom. The zero-order chi connectivity index (χ0) is 17.3. The number of carbonyl (C=O) groups is 1. The maximum Gasteiger partial charge on any atom is 0.259 e. The molecule has 0 aliphatic carbocycles. The number of amides is 1. The summed E-state index contributed by atoms with van der Waals surface area (Å²) in [6, 6.07) is 9.70. The van der Waals surface area contributed by atoms with Gasteiger partial charge in [-0.3, -0.25) is 4.79 Å². The number of benzene rings is 2. The fourth-order valence-corrected chi connectivity index (χ4v) is 2.41. The molecule has 0 unspecified atom stereocenters. The first-order valence-electron chi connectivity index (χ1n) is 7.02. The van der Waals surface area contributed by atoms with Gasteiger partial charge in [0.05, 0.1) is 28.8 Å². The van der Waals surface area contributed by atoms with Gasteiger partial charge in [-0.05, 0) is 49.4 Å². The summed E-state index contributed by atoms with van der Waals surface area (Å²) < 4.78 is 28.3. The first kappa shape index (κ1) is 16.1. The molecule has 1 aromatic heterocycles. The Hall–Kier alpha value is -2.73. The molecule has 1 heterocycles. The van der Waals surface area contributed by atoms with Crippen molar-refractivity contribution in [3.05, 3.63) is 76.6 Å². The summed E-state index contributed by atoms with van der Waals surface area (Å²) >= 11 is 5.69. The van der Waals surface area contributed by atoms with E-state index in [2.05, 4.69) is 10.4 Å². The van der Waals surface area contributed by atoms with Crippen molar-refractivity contribution < 1.29 is 13.6 Å². The number of hydrogen-bond donors (Lipinski definition) is 1. The van der Waals surface area contributed by atoms with Crippen LogP contribution in [0.1, 0.15) is 16.1 Å². The van der Waals surface area contributed by atoms with Gasteiger partial charge in [0.2, 0.25) is 0 Å². The topological polar surface area (TPSA) is 46.9 Å². The standard InChI is InChI=1S/C17H12ClF2N3O/c1-10-14(9-21-23(10)13-5-3-12(19)4-6-13)17(24)22-16-7-2-11(18)8-15(16)20/h2-9H,1H3,(H,22,24). The molecule has 1 N–H and O–H groups in total. The number of nitrogens with zero attached hydrogens (tertiary/aromatic N) is 2. The molecule has 0 radical (unpaired) electrons. The van der Waals surface area contributed by atoms with Crippen LogP contribution >= 0.6 is 11.6 Å². The molecule has 1 amide bonds. The van der Waals surface area contributed by atoms with E-state index < -0.39 is 11.7 Å². The largest absolute Gasteiger partial charge is 0.319 e. The van der Waals surface area contributed by atoms with Crippen molar-refractivity contribution in [3.63, 3.8) is 0 Å². The van der Waals surface area contributed by atoms with Crippen molar-refractivity contribution in [3.8, 4) is 5.69 Å². The van der Waals surface area contributed by atoms with Crippen molar-refractivity contribution in [2.75, 3.05) is 5.32 Å². The molecule has 2 aromatic carbocycles. The highest BCUT2D eigenvalue weighted by Crippen LogP contribution is 2.21. The van der Waals surface area contributed by atoms with Crippen LogP contribution in [0, 0.1) is 18.6 Å². The Labute approximate surface area is 141 Å². The molecule has 0 saturated carbocycles. The third kappa shape index (κ3) is 3.14. The second-order valence-electron chi connectivity index (χ2n) is 5.11. The fraction of sp³-hybridized carbons (Fsp3) is 0.0588. The van der Waals surface area contributed by atoms with Crippen molar-refractivity contribution >= 4 is 23.2 Å². The molecule has 0 aliphatic rings. The van der Waals surface area contributed by atoms with Crippen LogP contribution in [0.3, 0.4) is 0 Å². The summed E-state index contributed by atoms with van der Waals surface area (Å²) in [5.74, 6) is -1.48. The lowest BCUT2D eigenvalue weighted by atomic mass is 10.2. The van der Waals surface area contributed by atoms with Crippen LogP contribution in [0.15, 0.2) is 48.7 Å². The minimum Gasteiger partial charge on any atom is -0.319 e. The van der Waals surface area contributed by atoms with E-state index in [9.17, 15) is 13.6 Å². The summed E-state index contributed by atoms with van der Waals surface area (Å²) in [4.78, 5) is 12.3. The third-order valence-electron chi connectivity index (χ3n) is 3.50. The summed E-state index contributed by atoms with van der Waals surface area (Å²) in [5, 5.41) is 6.86. The highest BCUT2D eigenvalue weighted by Gasteiger charge is 2.16. The van der Waals surface area contributed by atoms with Gasteiger partial charge in [0.15, 0.2) is 0 Å². The second kappa shape index (κ2) is 6.41. The van der Waals surface area contributed by atoms with E-state index in [0.717, 1.165) is 6.07 Å². The SMILES string of the molecule is Cc1c(C(=O)Nc2ccc(Cl)cc2F)cnn1-c1ccc(F)cc1. The Morgan fingerprint density at radius 2 is 1.88 bits per heavy atom. The number of nitrogens with one attached hydrogen (secondary N) is 1. The summed E-state index contributed by atoms with van der Waals surface area (Å²) in [6.07, 6.45) is 1.38. The highest BCUT2D eigenvalue weighted by molar-refractivity contribution is 6.30. The molecular formula is C17H12ClF2N3O. The Morgan fingerprint density at radius 1 is 1.17 bits per heavy atom. The Bertz CT molecular complexity index is 907. The van der Waals surface area contributed by atoms with Crippen LogP contribution in [-0.4, -0.2) is 15.7 Å². The third-order valence-corrected chi connectivity index (χ3v) is 3.74. The molecule has 0 aliphatic heterocycles. The van der Waals surface area contributed by atoms with E-state index in [1.165, 1.54) is 35.1 Å². The Kier molecular flexibility index (Phi) is 4.31. The van der Waals surface area contributed by atoms with Gasteiger partial charge < -0.3 is 5.32 Å². The van der Waals surface area contributed by atoms with Crippen molar-refractivity contribution in [2.45, 2.75) is 6.92 Å². The van der Waals surface area contributed by atoms with Crippen molar-refractivity contribution in [1.29, 1.82) is 0 Å². The zero-order valence-electron chi connectivity index (χ0n) is 12.6. The van der Waals surface area contributed by atoms with E-state index in [0.29, 0.717) is 11.4 Å².